The lowest BCUT2D eigenvalue weighted by atomic mass is 10.1. The maximum absolute atomic E-state index is 9.64. The van der Waals surface area contributed by atoms with Crippen LogP contribution in [0.5, 0.6) is 0 Å². The quantitative estimate of drug-likeness (QED) is 0.719. The Balaban J connectivity index is 2.93. The van der Waals surface area contributed by atoms with E-state index in [9.17, 15) is 5.11 Å². The summed E-state index contributed by atoms with van der Waals surface area (Å²) < 4.78 is 0. The van der Waals surface area contributed by atoms with E-state index in [2.05, 4.69) is 11.6 Å². The Morgan fingerprint density at radius 2 is 2.23 bits per heavy atom. The van der Waals surface area contributed by atoms with E-state index in [4.69, 9.17) is 0 Å². The molecule has 0 bridgehead atoms. The molecule has 0 aliphatic heterocycles. The molecule has 0 amide bonds. The minimum atomic E-state index is -0.517. The van der Waals surface area contributed by atoms with Crippen molar-refractivity contribution >= 4 is 0 Å². The van der Waals surface area contributed by atoms with Crippen LogP contribution in [-0.4, -0.2) is 10.1 Å². The standard InChI is InChI=1S/C11H15NO/c1-4-5-11(13)10-7-8(2)6-9(3)12-10/h4,6-7,11,13H,1,5H2,2-3H3. The number of pyridine rings is 1. The second-order valence-electron chi connectivity index (χ2n) is 3.25. The van der Waals surface area contributed by atoms with Crippen molar-refractivity contribution in [1.29, 1.82) is 0 Å². The third-order valence-corrected chi connectivity index (χ3v) is 1.85. The van der Waals surface area contributed by atoms with E-state index in [0.29, 0.717) is 6.42 Å². The highest BCUT2D eigenvalue weighted by Gasteiger charge is 2.07. The normalized spacial score (nSPS) is 12.5. The molecule has 13 heavy (non-hydrogen) atoms. The second-order valence-corrected chi connectivity index (χ2v) is 3.25. The molecule has 2 heteroatoms. The fourth-order valence-electron chi connectivity index (χ4n) is 1.32. The van der Waals surface area contributed by atoms with E-state index in [-0.39, 0.29) is 0 Å². The van der Waals surface area contributed by atoms with Crippen molar-refractivity contribution in [2.24, 2.45) is 0 Å². The largest absolute Gasteiger partial charge is 0.386 e. The zero-order valence-electron chi connectivity index (χ0n) is 8.12. The van der Waals surface area contributed by atoms with Crippen LogP contribution in [0, 0.1) is 13.8 Å². The number of aromatic nitrogens is 1. The first-order chi connectivity index (χ1) is 6.13. The van der Waals surface area contributed by atoms with Gasteiger partial charge in [-0.25, -0.2) is 0 Å². The molecule has 0 fully saturated rings. The first-order valence-corrected chi connectivity index (χ1v) is 4.37. The van der Waals surface area contributed by atoms with Crippen molar-refractivity contribution in [2.75, 3.05) is 0 Å². The predicted octanol–water partition coefficient (Wildman–Crippen LogP) is 2.31. The van der Waals surface area contributed by atoms with Gasteiger partial charge in [0, 0.05) is 5.69 Å². The number of aliphatic hydroxyl groups excluding tert-OH is 1. The lowest BCUT2D eigenvalue weighted by Gasteiger charge is -2.08. The molecular formula is C11H15NO. The topological polar surface area (TPSA) is 33.1 Å². The van der Waals surface area contributed by atoms with Crippen LogP contribution in [0.1, 0.15) is 29.5 Å². The highest BCUT2D eigenvalue weighted by Crippen LogP contribution is 2.16. The molecule has 1 rings (SSSR count). The van der Waals surface area contributed by atoms with E-state index in [1.165, 1.54) is 0 Å². The molecule has 1 aromatic heterocycles. The summed E-state index contributed by atoms with van der Waals surface area (Å²) in [7, 11) is 0. The Morgan fingerprint density at radius 1 is 1.54 bits per heavy atom. The summed E-state index contributed by atoms with van der Waals surface area (Å²) in [6.45, 7) is 7.51. The maximum Gasteiger partial charge on any atom is 0.0994 e. The van der Waals surface area contributed by atoms with Crippen LogP contribution in [0.3, 0.4) is 0 Å². The predicted molar refractivity (Wildman–Crippen MR) is 53.5 cm³/mol. The molecule has 0 aliphatic carbocycles. The van der Waals surface area contributed by atoms with E-state index in [1.807, 2.05) is 26.0 Å². The molecule has 1 heterocycles. The van der Waals surface area contributed by atoms with Crippen LogP contribution in [0.2, 0.25) is 0 Å². The number of aliphatic hydroxyl groups is 1. The van der Waals surface area contributed by atoms with Gasteiger partial charge in [-0.15, -0.1) is 6.58 Å². The molecule has 0 aliphatic rings. The number of hydrogen-bond acceptors (Lipinski definition) is 2. The lowest BCUT2D eigenvalue weighted by Crippen LogP contribution is -2.01. The van der Waals surface area contributed by atoms with Gasteiger partial charge in [0.15, 0.2) is 0 Å². The van der Waals surface area contributed by atoms with Gasteiger partial charge >= 0.3 is 0 Å². The first kappa shape index (κ1) is 9.93. The highest BCUT2D eigenvalue weighted by molar-refractivity contribution is 5.21. The SMILES string of the molecule is C=CCC(O)c1cc(C)cc(C)n1. The first-order valence-electron chi connectivity index (χ1n) is 4.37. The van der Waals surface area contributed by atoms with Crippen LogP contribution in [-0.2, 0) is 0 Å². The maximum atomic E-state index is 9.64. The van der Waals surface area contributed by atoms with Crippen LogP contribution in [0.4, 0.5) is 0 Å². The molecule has 0 saturated carbocycles. The summed E-state index contributed by atoms with van der Waals surface area (Å²) in [4.78, 5) is 4.25. The number of aryl methyl sites for hydroxylation is 2. The van der Waals surface area contributed by atoms with Crippen LogP contribution < -0.4 is 0 Å². The molecule has 70 valence electrons. The molecule has 1 atom stereocenters. The number of nitrogens with zero attached hydrogens (tertiary/aromatic N) is 1. The Bertz CT molecular complexity index is 287. The highest BCUT2D eigenvalue weighted by atomic mass is 16.3. The fourth-order valence-corrected chi connectivity index (χ4v) is 1.32. The summed E-state index contributed by atoms with van der Waals surface area (Å²) >= 11 is 0. The van der Waals surface area contributed by atoms with Gasteiger partial charge in [0.1, 0.15) is 0 Å². The molecule has 0 radical (unpaired) electrons. The Morgan fingerprint density at radius 3 is 2.77 bits per heavy atom. The third kappa shape index (κ3) is 2.67. The molecule has 1 unspecified atom stereocenters. The fraction of sp³-hybridized carbons (Fsp3) is 0.364. The van der Waals surface area contributed by atoms with Crippen molar-refractivity contribution in [3.63, 3.8) is 0 Å². The van der Waals surface area contributed by atoms with E-state index in [0.717, 1.165) is 17.0 Å². The molecule has 0 aromatic carbocycles. The zero-order valence-corrected chi connectivity index (χ0v) is 8.12. The lowest BCUT2D eigenvalue weighted by molar-refractivity contribution is 0.176. The molecule has 1 N–H and O–H groups in total. The second kappa shape index (κ2) is 4.19. The van der Waals surface area contributed by atoms with Gasteiger partial charge in [-0.2, -0.15) is 0 Å². The molecule has 0 spiro atoms. The summed E-state index contributed by atoms with van der Waals surface area (Å²) in [6.07, 6.45) is 1.73. The summed E-state index contributed by atoms with van der Waals surface area (Å²) in [6, 6.07) is 3.89. The van der Waals surface area contributed by atoms with Crippen molar-refractivity contribution in [3.8, 4) is 0 Å². The Labute approximate surface area is 78.9 Å². The van der Waals surface area contributed by atoms with Gasteiger partial charge in [-0.1, -0.05) is 6.08 Å². The van der Waals surface area contributed by atoms with Gasteiger partial charge in [0.2, 0.25) is 0 Å². The minimum Gasteiger partial charge on any atom is -0.386 e. The summed E-state index contributed by atoms with van der Waals surface area (Å²) in [5, 5.41) is 9.64. The van der Waals surface area contributed by atoms with E-state index >= 15 is 0 Å². The Kier molecular flexibility index (Phi) is 3.20. The van der Waals surface area contributed by atoms with Gasteiger partial charge in [0.05, 0.1) is 11.8 Å². The average Bonchev–Trinajstić information content (AvgIpc) is 2.03. The molecule has 1 aromatic rings. The van der Waals surface area contributed by atoms with Crippen molar-refractivity contribution < 1.29 is 5.11 Å². The smallest absolute Gasteiger partial charge is 0.0994 e. The van der Waals surface area contributed by atoms with Gasteiger partial charge < -0.3 is 5.11 Å². The van der Waals surface area contributed by atoms with E-state index < -0.39 is 6.10 Å². The molecule has 0 saturated heterocycles. The third-order valence-electron chi connectivity index (χ3n) is 1.85. The van der Waals surface area contributed by atoms with Crippen molar-refractivity contribution in [3.05, 3.63) is 41.7 Å². The number of rotatable bonds is 3. The summed E-state index contributed by atoms with van der Waals surface area (Å²) in [5.74, 6) is 0. The van der Waals surface area contributed by atoms with Crippen molar-refractivity contribution in [1.82, 2.24) is 4.98 Å². The molecule has 2 nitrogen and oxygen atoms in total. The van der Waals surface area contributed by atoms with Crippen LogP contribution in [0.25, 0.3) is 0 Å². The minimum absolute atomic E-state index is 0.517. The van der Waals surface area contributed by atoms with Crippen LogP contribution in [0.15, 0.2) is 24.8 Å². The van der Waals surface area contributed by atoms with Gasteiger partial charge in [-0.05, 0) is 38.0 Å². The molecular weight excluding hydrogens is 162 g/mol. The monoisotopic (exact) mass is 177 g/mol. The van der Waals surface area contributed by atoms with Gasteiger partial charge in [-0.3, -0.25) is 4.98 Å². The number of hydrogen-bond donors (Lipinski definition) is 1. The van der Waals surface area contributed by atoms with Gasteiger partial charge in [0.25, 0.3) is 0 Å². The average molecular weight is 177 g/mol. The Hall–Kier alpha value is -1.15. The van der Waals surface area contributed by atoms with Crippen molar-refractivity contribution in [2.45, 2.75) is 26.4 Å². The van der Waals surface area contributed by atoms with E-state index in [1.54, 1.807) is 6.08 Å². The zero-order chi connectivity index (χ0) is 9.84. The summed E-state index contributed by atoms with van der Waals surface area (Å²) in [5.41, 5.74) is 2.81. The van der Waals surface area contributed by atoms with Crippen LogP contribution >= 0.6 is 0 Å².